The molecule has 0 bridgehead atoms. The van der Waals surface area contributed by atoms with E-state index in [-0.39, 0.29) is 24.0 Å². The molecule has 3 aromatic carbocycles. The summed E-state index contributed by atoms with van der Waals surface area (Å²) in [6.07, 6.45) is 0. The summed E-state index contributed by atoms with van der Waals surface area (Å²) in [7, 11) is 4.67. The normalized spacial score (nSPS) is 10.4. The van der Waals surface area contributed by atoms with E-state index in [1.54, 1.807) is 94.1 Å². The minimum absolute atomic E-state index is 0.0213. The van der Waals surface area contributed by atoms with Gasteiger partial charge in [-0.15, -0.1) is 5.10 Å². The number of hydrogen-bond donors (Lipinski definition) is 1. The van der Waals surface area contributed by atoms with Crippen LogP contribution in [0.1, 0.15) is 20.8 Å². The molecule has 0 aliphatic carbocycles. The Kier molecular flexibility index (Phi) is 7.45. The van der Waals surface area contributed by atoms with Crippen molar-refractivity contribution in [3.63, 3.8) is 0 Å². The van der Waals surface area contributed by atoms with Crippen molar-refractivity contribution in [3.8, 4) is 28.8 Å². The molecule has 0 atom stereocenters. The van der Waals surface area contributed by atoms with Crippen molar-refractivity contribution in [3.05, 3.63) is 84.1 Å². The molecule has 4 aromatic rings. The first-order valence-corrected chi connectivity index (χ1v) is 10.9. The average molecular weight is 489 g/mol. The van der Waals surface area contributed by atoms with E-state index >= 15 is 0 Å². The molecule has 4 rings (SSSR count). The second-order valence-corrected chi connectivity index (χ2v) is 7.48. The van der Waals surface area contributed by atoms with Crippen LogP contribution in [-0.2, 0) is 0 Å². The van der Waals surface area contributed by atoms with Crippen molar-refractivity contribution < 1.29 is 28.5 Å². The lowest BCUT2D eigenvalue weighted by atomic mass is 10.1. The zero-order valence-electron chi connectivity index (χ0n) is 19.9. The van der Waals surface area contributed by atoms with Gasteiger partial charge in [-0.2, -0.15) is 4.68 Å². The Balaban J connectivity index is 1.60. The van der Waals surface area contributed by atoms with Crippen LogP contribution >= 0.6 is 0 Å². The smallest absolute Gasteiger partial charge is 0.281 e. The highest BCUT2D eigenvalue weighted by molar-refractivity contribution is 6.04. The highest BCUT2D eigenvalue weighted by atomic mass is 16.5. The lowest BCUT2D eigenvalue weighted by Crippen LogP contribution is -2.18. The van der Waals surface area contributed by atoms with Crippen LogP contribution in [0.3, 0.4) is 0 Å². The van der Waals surface area contributed by atoms with Gasteiger partial charge in [0, 0.05) is 11.3 Å². The Hall–Kier alpha value is -4.86. The molecule has 0 saturated heterocycles. The Morgan fingerprint density at radius 2 is 1.31 bits per heavy atom. The van der Waals surface area contributed by atoms with Gasteiger partial charge in [-0.1, -0.05) is 5.21 Å². The monoisotopic (exact) mass is 488 g/mol. The first kappa shape index (κ1) is 24.3. The van der Waals surface area contributed by atoms with Crippen molar-refractivity contribution >= 4 is 17.4 Å². The zero-order chi connectivity index (χ0) is 25.5. The van der Waals surface area contributed by atoms with Gasteiger partial charge in [-0.3, -0.25) is 9.59 Å². The molecule has 1 aromatic heterocycles. The molecule has 1 N–H and O–H groups in total. The van der Waals surface area contributed by atoms with E-state index in [4.69, 9.17) is 18.9 Å². The fraction of sp³-hybridized carbons (Fsp3) is 0.154. The fourth-order valence-corrected chi connectivity index (χ4v) is 3.30. The van der Waals surface area contributed by atoms with Crippen molar-refractivity contribution in [1.82, 2.24) is 15.0 Å². The number of methoxy groups -OCH3 is 3. The van der Waals surface area contributed by atoms with Gasteiger partial charge in [-0.25, -0.2) is 0 Å². The lowest BCUT2D eigenvalue weighted by molar-refractivity contribution is 0.0908. The van der Waals surface area contributed by atoms with Crippen LogP contribution in [0, 0.1) is 0 Å². The highest BCUT2D eigenvalue weighted by Crippen LogP contribution is 2.25. The van der Waals surface area contributed by atoms with Crippen LogP contribution in [0.25, 0.3) is 5.69 Å². The summed E-state index contributed by atoms with van der Waals surface area (Å²) in [5.74, 6) is 1.11. The molecule has 0 saturated carbocycles. The topological polar surface area (TPSA) is 114 Å². The summed E-state index contributed by atoms with van der Waals surface area (Å²) in [5.41, 5.74) is 1.45. The third kappa shape index (κ3) is 5.44. The van der Waals surface area contributed by atoms with E-state index < -0.39 is 5.91 Å². The molecule has 0 spiro atoms. The van der Waals surface area contributed by atoms with E-state index in [2.05, 4.69) is 15.6 Å². The van der Waals surface area contributed by atoms with Crippen LogP contribution in [0.5, 0.6) is 23.1 Å². The van der Waals surface area contributed by atoms with Gasteiger partial charge in [0.15, 0.2) is 12.4 Å². The number of hydrogen-bond acceptors (Lipinski definition) is 8. The predicted molar refractivity (Wildman–Crippen MR) is 132 cm³/mol. The second-order valence-electron chi connectivity index (χ2n) is 7.48. The minimum Gasteiger partial charge on any atom is -0.497 e. The maximum atomic E-state index is 13.1. The van der Waals surface area contributed by atoms with E-state index in [0.717, 1.165) is 0 Å². The first-order chi connectivity index (χ1) is 17.5. The number of carbonyl (C=O) groups excluding carboxylic acids is 2. The summed E-state index contributed by atoms with van der Waals surface area (Å²) in [4.78, 5) is 25.8. The maximum absolute atomic E-state index is 13.1. The van der Waals surface area contributed by atoms with Crippen LogP contribution < -0.4 is 24.3 Å². The van der Waals surface area contributed by atoms with Gasteiger partial charge in [0.2, 0.25) is 5.69 Å². The molecule has 1 amide bonds. The number of nitrogens with one attached hydrogen (secondary N) is 1. The molecular formula is C26H24N4O6. The van der Waals surface area contributed by atoms with E-state index in [0.29, 0.717) is 34.2 Å². The zero-order valence-corrected chi connectivity index (χ0v) is 19.9. The summed E-state index contributed by atoms with van der Waals surface area (Å²) >= 11 is 0. The van der Waals surface area contributed by atoms with Gasteiger partial charge in [0.1, 0.15) is 17.2 Å². The predicted octanol–water partition coefficient (Wildman–Crippen LogP) is 3.81. The summed E-state index contributed by atoms with van der Waals surface area (Å²) in [6.45, 7) is -0.335. The third-order valence-electron chi connectivity index (χ3n) is 5.26. The molecule has 1 heterocycles. The van der Waals surface area contributed by atoms with Gasteiger partial charge in [0.25, 0.3) is 11.8 Å². The Labute approximate surface area is 207 Å². The molecule has 0 radical (unpaired) electrons. The quantitative estimate of drug-likeness (QED) is 0.335. The summed E-state index contributed by atoms with van der Waals surface area (Å²) < 4.78 is 22.7. The number of ether oxygens (including phenoxy) is 4. The number of amides is 1. The maximum Gasteiger partial charge on any atom is 0.281 e. The van der Waals surface area contributed by atoms with E-state index in [1.165, 1.54) is 4.68 Å². The standard InChI is InChI=1S/C26H24N4O6/c1-33-20-10-4-17(5-11-20)23(31)16-36-26-24(25(32)27-18-6-12-21(34-2)13-7-18)28-29-30(26)19-8-14-22(35-3)15-9-19/h4-15H,16H2,1-3H3,(H,27,32). The van der Waals surface area contributed by atoms with Crippen molar-refractivity contribution in [2.45, 2.75) is 0 Å². The molecule has 0 aliphatic heterocycles. The molecule has 0 aliphatic rings. The Morgan fingerprint density at radius 1 is 0.778 bits per heavy atom. The van der Waals surface area contributed by atoms with Crippen molar-refractivity contribution in [2.75, 3.05) is 33.3 Å². The van der Waals surface area contributed by atoms with Gasteiger partial charge >= 0.3 is 0 Å². The van der Waals surface area contributed by atoms with E-state index in [1.807, 2.05) is 0 Å². The summed E-state index contributed by atoms with van der Waals surface area (Å²) in [5, 5.41) is 10.9. The Bertz CT molecular complexity index is 1330. The van der Waals surface area contributed by atoms with Crippen LogP contribution in [-0.4, -0.2) is 54.6 Å². The summed E-state index contributed by atoms with van der Waals surface area (Å²) in [6, 6.07) is 20.4. The van der Waals surface area contributed by atoms with E-state index in [9.17, 15) is 9.59 Å². The molecule has 10 heteroatoms. The van der Waals surface area contributed by atoms with Gasteiger partial charge < -0.3 is 24.3 Å². The SMILES string of the molecule is COc1ccc(NC(=O)c2nnn(-c3ccc(OC)cc3)c2OCC(=O)c2ccc(OC)cc2)cc1. The number of rotatable bonds is 10. The van der Waals surface area contributed by atoms with Crippen molar-refractivity contribution in [2.24, 2.45) is 0 Å². The average Bonchev–Trinajstić information content (AvgIpc) is 3.36. The number of ketones is 1. The number of anilines is 1. The third-order valence-corrected chi connectivity index (χ3v) is 5.26. The number of nitrogens with zero attached hydrogens (tertiary/aromatic N) is 3. The fourth-order valence-electron chi connectivity index (χ4n) is 3.30. The minimum atomic E-state index is -0.549. The molecule has 0 unspecified atom stereocenters. The first-order valence-electron chi connectivity index (χ1n) is 10.9. The van der Waals surface area contributed by atoms with Gasteiger partial charge in [-0.05, 0) is 72.8 Å². The lowest BCUT2D eigenvalue weighted by Gasteiger charge is -2.11. The number of Topliss-reactive ketones (excluding diaryl/α,β-unsaturated/α-hetero) is 1. The number of carbonyl (C=O) groups is 2. The van der Waals surface area contributed by atoms with Crippen molar-refractivity contribution in [1.29, 1.82) is 0 Å². The molecule has 0 fully saturated rings. The molecule has 10 nitrogen and oxygen atoms in total. The number of benzene rings is 3. The van der Waals surface area contributed by atoms with Crippen LogP contribution in [0.15, 0.2) is 72.8 Å². The molecular weight excluding hydrogens is 464 g/mol. The number of aromatic nitrogens is 3. The van der Waals surface area contributed by atoms with Crippen LogP contribution in [0.2, 0.25) is 0 Å². The highest BCUT2D eigenvalue weighted by Gasteiger charge is 2.24. The largest absolute Gasteiger partial charge is 0.497 e. The van der Waals surface area contributed by atoms with Crippen LogP contribution in [0.4, 0.5) is 5.69 Å². The molecule has 36 heavy (non-hydrogen) atoms. The van der Waals surface area contributed by atoms with Gasteiger partial charge in [0.05, 0.1) is 27.0 Å². The molecule has 184 valence electrons. The Morgan fingerprint density at radius 3 is 1.86 bits per heavy atom. The second kappa shape index (κ2) is 11.0.